The Morgan fingerprint density at radius 3 is 2.27 bits per heavy atom. The van der Waals surface area contributed by atoms with Crippen molar-refractivity contribution >= 4 is 5.78 Å². The summed E-state index contributed by atoms with van der Waals surface area (Å²) in [6, 6.07) is 7.56. The van der Waals surface area contributed by atoms with Crippen molar-refractivity contribution in [3.63, 3.8) is 0 Å². The van der Waals surface area contributed by atoms with Crippen LogP contribution in [-0.4, -0.2) is 23.2 Å². The number of hydrogen-bond acceptors (Lipinski definition) is 2. The molecule has 1 aromatic rings. The number of rotatable bonds is 3. The van der Waals surface area contributed by atoms with Crippen LogP contribution in [0, 0.1) is 0 Å². The average Bonchev–Trinajstić information content (AvgIpc) is 2.17. The van der Waals surface area contributed by atoms with E-state index in [9.17, 15) is 18.0 Å². The van der Waals surface area contributed by atoms with Gasteiger partial charge in [0.05, 0.1) is 0 Å². The van der Waals surface area contributed by atoms with Gasteiger partial charge in [-0.15, -0.1) is 0 Å². The van der Waals surface area contributed by atoms with Crippen LogP contribution in [0.5, 0.6) is 0 Å². The second-order valence-corrected chi connectivity index (χ2v) is 3.05. The lowest BCUT2D eigenvalue weighted by molar-refractivity contribution is -0.202. The number of Topliss-reactive ketones (excluding diaryl/α,β-unsaturated/α-hetero) is 1. The fourth-order valence-electron chi connectivity index (χ4n) is 1.03. The molecule has 0 spiro atoms. The van der Waals surface area contributed by atoms with Gasteiger partial charge < -0.3 is 5.11 Å². The Morgan fingerprint density at radius 2 is 1.80 bits per heavy atom. The largest absolute Gasteiger partial charge is 0.414 e. The van der Waals surface area contributed by atoms with Crippen LogP contribution in [0.4, 0.5) is 13.2 Å². The van der Waals surface area contributed by atoms with Crippen LogP contribution in [0.25, 0.3) is 0 Å². The van der Waals surface area contributed by atoms with Crippen molar-refractivity contribution in [1.82, 2.24) is 0 Å². The molecule has 1 atom stereocenters. The first kappa shape index (κ1) is 11.7. The van der Waals surface area contributed by atoms with Crippen molar-refractivity contribution < 1.29 is 23.1 Å². The zero-order valence-electron chi connectivity index (χ0n) is 7.66. The maximum atomic E-state index is 11.9. The number of aliphatic hydroxyl groups is 1. The molecule has 0 aromatic heterocycles. The van der Waals surface area contributed by atoms with E-state index in [2.05, 4.69) is 0 Å². The molecule has 0 fully saturated rings. The van der Waals surface area contributed by atoms with Gasteiger partial charge in [-0.3, -0.25) is 4.79 Å². The predicted octanol–water partition coefficient (Wildman–Crippen LogP) is 2.18. The minimum atomic E-state index is -4.75. The standard InChI is InChI=1S/C10H9F3O2/c11-10(12,13)9(15)6-8(14)7-4-2-1-3-5-7/h1-5,9,15H,6H2/t9-/m0/s1. The molecular formula is C10H9F3O2. The summed E-state index contributed by atoms with van der Waals surface area (Å²) in [5.74, 6) is -0.722. The van der Waals surface area contributed by atoms with Crippen molar-refractivity contribution in [2.45, 2.75) is 18.7 Å². The van der Waals surface area contributed by atoms with E-state index in [-0.39, 0.29) is 5.56 Å². The molecule has 1 N–H and O–H groups in total. The fraction of sp³-hybridized carbons (Fsp3) is 0.300. The number of halogens is 3. The summed E-state index contributed by atoms with van der Waals surface area (Å²) in [6.07, 6.45) is -8.27. The second-order valence-electron chi connectivity index (χ2n) is 3.05. The first-order valence-electron chi connectivity index (χ1n) is 4.24. The summed E-state index contributed by atoms with van der Waals surface area (Å²) >= 11 is 0. The molecule has 0 aliphatic heterocycles. The molecule has 0 bridgehead atoms. The fourth-order valence-corrected chi connectivity index (χ4v) is 1.03. The van der Waals surface area contributed by atoms with Gasteiger partial charge in [0.2, 0.25) is 0 Å². The normalized spacial score (nSPS) is 13.6. The molecule has 1 rings (SSSR count). The quantitative estimate of drug-likeness (QED) is 0.789. The van der Waals surface area contributed by atoms with Crippen molar-refractivity contribution in [1.29, 1.82) is 0 Å². The Hall–Kier alpha value is -1.36. The third-order valence-electron chi connectivity index (χ3n) is 1.85. The number of benzene rings is 1. The molecule has 0 aliphatic rings. The molecule has 0 saturated carbocycles. The molecule has 0 amide bonds. The average molecular weight is 218 g/mol. The van der Waals surface area contributed by atoms with Gasteiger partial charge in [0.25, 0.3) is 0 Å². The van der Waals surface area contributed by atoms with Gasteiger partial charge in [-0.05, 0) is 0 Å². The number of carbonyl (C=O) groups excluding carboxylic acids is 1. The van der Waals surface area contributed by atoms with Gasteiger partial charge in [-0.2, -0.15) is 13.2 Å². The molecule has 82 valence electrons. The first-order chi connectivity index (χ1) is 6.91. The van der Waals surface area contributed by atoms with E-state index in [0.717, 1.165) is 0 Å². The lowest BCUT2D eigenvalue weighted by Gasteiger charge is -2.13. The molecular weight excluding hydrogens is 209 g/mol. The van der Waals surface area contributed by atoms with Gasteiger partial charge in [-0.25, -0.2) is 0 Å². The maximum Gasteiger partial charge on any atom is 0.414 e. The smallest absolute Gasteiger partial charge is 0.383 e. The number of ketones is 1. The highest BCUT2D eigenvalue weighted by molar-refractivity contribution is 5.96. The number of carbonyl (C=O) groups is 1. The van der Waals surface area contributed by atoms with Crippen LogP contribution < -0.4 is 0 Å². The van der Waals surface area contributed by atoms with Crippen LogP contribution in [0.15, 0.2) is 30.3 Å². The lowest BCUT2D eigenvalue weighted by Crippen LogP contribution is -2.30. The summed E-state index contributed by atoms with van der Waals surface area (Å²) in [4.78, 5) is 11.2. The van der Waals surface area contributed by atoms with Crippen molar-refractivity contribution in [2.75, 3.05) is 0 Å². The lowest BCUT2D eigenvalue weighted by atomic mass is 10.1. The molecule has 5 heteroatoms. The van der Waals surface area contributed by atoms with Gasteiger partial charge >= 0.3 is 6.18 Å². The third-order valence-corrected chi connectivity index (χ3v) is 1.85. The van der Waals surface area contributed by atoms with E-state index in [1.807, 2.05) is 0 Å². The van der Waals surface area contributed by atoms with E-state index in [1.54, 1.807) is 18.2 Å². The van der Waals surface area contributed by atoms with E-state index in [1.165, 1.54) is 12.1 Å². The van der Waals surface area contributed by atoms with Crippen LogP contribution in [0.2, 0.25) is 0 Å². The van der Waals surface area contributed by atoms with Crippen molar-refractivity contribution in [2.24, 2.45) is 0 Å². The topological polar surface area (TPSA) is 37.3 Å². The van der Waals surface area contributed by atoms with Crippen LogP contribution in [0.1, 0.15) is 16.8 Å². The van der Waals surface area contributed by atoms with Gasteiger partial charge in [0, 0.05) is 12.0 Å². The summed E-state index contributed by atoms with van der Waals surface area (Å²) in [6.45, 7) is 0. The minimum Gasteiger partial charge on any atom is -0.383 e. The number of aliphatic hydroxyl groups excluding tert-OH is 1. The van der Waals surface area contributed by atoms with Crippen molar-refractivity contribution in [3.8, 4) is 0 Å². The maximum absolute atomic E-state index is 11.9. The highest BCUT2D eigenvalue weighted by Gasteiger charge is 2.39. The Kier molecular flexibility index (Phi) is 3.47. The zero-order chi connectivity index (χ0) is 11.5. The predicted molar refractivity (Wildman–Crippen MR) is 47.5 cm³/mol. The van der Waals surface area contributed by atoms with E-state index < -0.39 is 24.5 Å². The molecule has 0 aliphatic carbocycles. The molecule has 0 heterocycles. The SMILES string of the molecule is O=C(C[C@H](O)C(F)(F)F)c1ccccc1. The molecule has 0 radical (unpaired) electrons. The zero-order valence-corrected chi connectivity index (χ0v) is 7.66. The Morgan fingerprint density at radius 1 is 1.27 bits per heavy atom. The Labute approximate surface area is 84.3 Å². The molecule has 0 saturated heterocycles. The van der Waals surface area contributed by atoms with Crippen molar-refractivity contribution in [3.05, 3.63) is 35.9 Å². The van der Waals surface area contributed by atoms with Crippen LogP contribution >= 0.6 is 0 Å². The van der Waals surface area contributed by atoms with E-state index in [4.69, 9.17) is 5.11 Å². The Balaban J connectivity index is 2.65. The molecule has 15 heavy (non-hydrogen) atoms. The number of alkyl halides is 3. The van der Waals surface area contributed by atoms with Crippen LogP contribution in [-0.2, 0) is 0 Å². The van der Waals surface area contributed by atoms with E-state index in [0.29, 0.717) is 0 Å². The molecule has 1 aromatic carbocycles. The summed E-state index contributed by atoms with van der Waals surface area (Å²) in [5.41, 5.74) is 0.167. The van der Waals surface area contributed by atoms with Gasteiger partial charge in [-0.1, -0.05) is 30.3 Å². The summed E-state index contributed by atoms with van der Waals surface area (Å²) < 4.78 is 35.8. The molecule has 0 unspecified atom stereocenters. The molecule has 2 nitrogen and oxygen atoms in total. The summed E-state index contributed by atoms with van der Waals surface area (Å²) in [5, 5.41) is 8.67. The van der Waals surface area contributed by atoms with Gasteiger partial charge in [0.15, 0.2) is 11.9 Å². The first-order valence-corrected chi connectivity index (χ1v) is 4.24. The minimum absolute atomic E-state index is 0.167. The Bertz CT molecular complexity index is 332. The second kappa shape index (κ2) is 4.44. The van der Waals surface area contributed by atoms with Gasteiger partial charge in [0.1, 0.15) is 0 Å². The highest BCUT2D eigenvalue weighted by Crippen LogP contribution is 2.23. The highest BCUT2D eigenvalue weighted by atomic mass is 19.4. The van der Waals surface area contributed by atoms with E-state index >= 15 is 0 Å². The summed E-state index contributed by atoms with van der Waals surface area (Å²) in [7, 11) is 0. The monoisotopic (exact) mass is 218 g/mol. The number of hydrogen-bond donors (Lipinski definition) is 1. The third kappa shape index (κ3) is 3.36. The van der Waals surface area contributed by atoms with Crippen LogP contribution in [0.3, 0.4) is 0 Å².